The third kappa shape index (κ3) is 2.41. The van der Waals surface area contributed by atoms with Crippen molar-refractivity contribution in [2.75, 3.05) is 26.5 Å². The molecule has 1 saturated heterocycles. The highest BCUT2D eigenvalue weighted by atomic mass is 16.7. The summed E-state index contributed by atoms with van der Waals surface area (Å²) in [7, 11) is 1.86. The van der Waals surface area contributed by atoms with Gasteiger partial charge in [-0.05, 0) is 17.7 Å². The number of benzene rings is 1. The molecule has 0 unspecified atom stereocenters. The number of aliphatic hydroxyl groups is 1. The number of nitrogens with zero attached hydrogens (tertiary/aromatic N) is 3. The lowest BCUT2D eigenvalue weighted by Crippen LogP contribution is -2.29. The van der Waals surface area contributed by atoms with E-state index in [9.17, 15) is 9.90 Å². The number of aromatic nitrogens is 2. The minimum atomic E-state index is -0.0952. The third-order valence-electron chi connectivity index (χ3n) is 4.74. The number of aliphatic hydroxyl groups excluding tert-OH is 1. The zero-order valence-electron chi connectivity index (χ0n) is 13.4. The first-order chi connectivity index (χ1) is 11.7. The van der Waals surface area contributed by atoms with E-state index in [1.807, 2.05) is 13.2 Å². The van der Waals surface area contributed by atoms with E-state index < -0.39 is 0 Å². The van der Waals surface area contributed by atoms with Crippen molar-refractivity contribution in [3.8, 4) is 11.5 Å². The maximum atomic E-state index is 12.9. The molecule has 1 aromatic heterocycles. The van der Waals surface area contributed by atoms with Crippen molar-refractivity contribution >= 4 is 5.91 Å². The van der Waals surface area contributed by atoms with Gasteiger partial charge in [-0.25, -0.2) is 0 Å². The fourth-order valence-electron chi connectivity index (χ4n) is 3.50. The van der Waals surface area contributed by atoms with E-state index >= 15 is 0 Å². The predicted octanol–water partition coefficient (Wildman–Crippen LogP) is 0.997. The molecule has 2 aromatic rings. The molecule has 0 bridgehead atoms. The van der Waals surface area contributed by atoms with Crippen LogP contribution >= 0.6 is 0 Å². The van der Waals surface area contributed by atoms with Gasteiger partial charge in [-0.1, -0.05) is 6.07 Å². The maximum Gasteiger partial charge on any atom is 0.257 e. The number of rotatable bonds is 3. The van der Waals surface area contributed by atoms with Gasteiger partial charge < -0.3 is 19.5 Å². The molecule has 2 atom stereocenters. The lowest BCUT2D eigenvalue weighted by atomic mass is 9.92. The largest absolute Gasteiger partial charge is 0.454 e. The predicted molar refractivity (Wildman–Crippen MR) is 85.0 cm³/mol. The van der Waals surface area contributed by atoms with Crippen LogP contribution in [0.2, 0.25) is 0 Å². The van der Waals surface area contributed by atoms with Gasteiger partial charge in [-0.2, -0.15) is 5.10 Å². The Bertz CT molecular complexity index is 773. The van der Waals surface area contributed by atoms with Crippen LogP contribution in [0.5, 0.6) is 11.5 Å². The molecule has 7 heteroatoms. The molecule has 126 valence electrons. The van der Waals surface area contributed by atoms with Crippen LogP contribution in [0.1, 0.15) is 21.8 Å². The molecular weight excluding hydrogens is 310 g/mol. The molecule has 2 aliphatic heterocycles. The summed E-state index contributed by atoms with van der Waals surface area (Å²) in [5.41, 5.74) is 1.55. The van der Waals surface area contributed by atoms with Crippen LogP contribution in [0.3, 0.4) is 0 Å². The average molecular weight is 329 g/mol. The first-order valence-corrected chi connectivity index (χ1v) is 7.94. The number of hydrogen-bond donors (Lipinski definition) is 1. The number of amides is 1. The van der Waals surface area contributed by atoms with E-state index in [1.54, 1.807) is 34.0 Å². The Kier molecular flexibility index (Phi) is 3.65. The third-order valence-corrected chi connectivity index (χ3v) is 4.74. The van der Waals surface area contributed by atoms with Gasteiger partial charge in [-0.15, -0.1) is 0 Å². The summed E-state index contributed by atoms with van der Waals surface area (Å²) in [6.45, 7) is 1.24. The van der Waals surface area contributed by atoms with E-state index in [-0.39, 0.29) is 31.1 Å². The SMILES string of the molecule is Cn1cc([C@@H]2CN(C(=O)c3cccc4c3OCO4)C[C@H]2CO)cn1. The van der Waals surface area contributed by atoms with E-state index in [0.717, 1.165) is 5.56 Å². The molecule has 24 heavy (non-hydrogen) atoms. The molecule has 4 rings (SSSR count). The fraction of sp³-hybridized carbons (Fsp3) is 0.412. The van der Waals surface area contributed by atoms with Crippen molar-refractivity contribution in [1.29, 1.82) is 0 Å². The highest BCUT2D eigenvalue weighted by molar-refractivity contribution is 5.98. The van der Waals surface area contributed by atoms with Gasteiger partial charge in [0.2, 0.25) is 6.79 Å². The summed E-state index contributed by atoms with van der Waals surface area (Å²) in [6, 6.07) is 5.33. The Labute approximate surface area is 139 Å². The van der Waals surface area contributed by atoms with Gasteiger partial charge >= 0.3 is 0 Å². The van der Waals surface area contributed by atoms with Crippen molar-refractivity contribution in [2.24, 2.45) is 13.0 Å². The monoisotopic (exact) mass is 329 g/mol. The van der Waals surface area contributed by atoms with E-state index in [2.05, 4.69) is 5.10 Å². The highest BCUT2D eigenvalue weighted by Crippen LogP contribution is 2.38. The number of aryl methyl sites for hydroxylation is 1. The van der Waals surface area contributed by atoms with Gasteiger partial charge in [0.1, 0.15) is 0 Å². The normalized spacial score (nSPS) is 22.2. The average Bonchev–Trinajstić information content (AvgIpc) is 3.31. The van der Waals surface area contributed by atoms with Crippen LogP contribution in [-0.2, 0) is 7.05 Å². The van der Waals surface area contributed by atoms with Gasteiger partial charge in [-0.3, -0.25) is 9.48 Å². The van der Waals surface area contributed by atoms with Crippen molar-refractivity contribution in [3.63, 3.8) is 0 Å². The quantitative estimate of drug-likeness (QED) is 0.909. The molecule has 1 amide bonds. The minimum Gasteiger partial charge on any atom is -0.454 e. The van der Waals surface area contributed by atoms with Crippen LogP contribution in [0.25, 0.3) is 0 Å². The number of ether oxygens (including phenoxy) is 2. The summed E-state index contributed by atoms with van der Waals surface area (Å²) in [4.78, 5) is 14.7. The van der Waals surface area contributed by atoms with Crippen LogP contribution in [0.15, 0.2) is 30.6 Å². The van der Waals surface area contributed by atoms with Gasteiger partial charge in [0.05, 0.1) is 11.8 Å². The zero-order valence-corrected chi connectivity index (χ0v) is 13.4. The summed E-state index contributed by atoms with van der Waals surface area (Å²) in [5.74, 6) is 1.10. The molecular formula is C17H19N3O4. The second-order valence-electron chi connectivity index (χ2n) is 6.25. The number of likely N-dealkylation sites (tertiary alicyclic amines) is 1. The van der Waals surface area contributed by atoms with Gasteiger partial charge in [0.25, 0.3) is 5.91 Å². The lowest BCUT2D eigenvalue weighted by molar-refractivity contribution is 0.0776. The first kappa shape index (κ1) is 15.0. The van der Waals surface area contributed by atoms with Crippen LogP contribution < -0.4 is 9.47 Å². The number of carbonyl (C=O) groups excluding carboxylic acids is 1. The molecule has 0 aliphatic carbocycles. The summed E-state index contributed by atoms with van der Waals surface area (Å²) in [5, 5.41) is 13.9. The molecule has 7 nitrogen and oxygen atoms in total. The number of fused-ring (bicyclic) bond motifs is 1. The van der Waals surface area contributed by atoms with Crippen LogP contribution in [0.4, 0.5) is 0 Å². The Hall–Kier alpha value is -2.54. The summed E-state index contributed by atoms with van der Waals surface area (Å²) >= 11 is 0. The Balaban J connectivity index is 1.59. The van der Waals surface area contributed by atoms with E-state index in [1.165, 1.54) is 0 Å². The maximum absolute atomic E-state index is 12.9. The van der Waals surface area contributed by atoms with Gasteiger partial charge in [0.15, 0.2) is 11.5 Å². The second kappa shape index (κ2) is 5.83. The van der Waals surface area contributed by atoms with Crippen molar-refractivity contribution in [2.45, 2.75) is 5.92 Å². The molecule has 0 saturated carbocycles. The number of carbonyl (C=O) groups is 1. The van der Waals surface area contributed by atoms with Crippen LogP contribution in [-0.4, -0.2) is 52.2 Å². The van der Waals surface area contributed by atoms with Crippen molar-refractivity contribution in [3.05, 3.63) is 41.7 Å². The molecule has 0 radical (unpaired) electrons. The summed E-state index contributed by atoms with van der Waals surface area (Å²) in [6.07, 6.45) is 3.75. The molecule has 2 aliphatic rings. The number of para-hydroxylation sites is 1. The molecule has 1 fully saturated rings. The first-order valence-electron chi connectivity index (χ1n) is 7.94. The van der Waals surface area contributed by atoms with Crippen molar-refractivity contribution in [1.82, 2.24) is 14.7 Å². The lowest BCUT2D eigenvalue weighted by Gasteiger charge is -2.17. The standard InChI is InChI=1S/C17H19N3O4/c1-19-6-11(5-18-19)14-8-20(7-12(14)9-21)17(22)13-3-2-4-15-16(13)24-10-23-15/h2-6,12,14,21H,7-10H2,1H3/t12-,14-/m0/s1. The van der Waals surface area contributed by atoms with Crippen LogP contribution in [0, 0.1) is 5.92 Å². The fourth-order valence-corrected chi connectivity index (χ4v) is 3.50. The smallest absolute Gasteiger partial charge is 0.257 e. The van der Waals surface area contributed by atoms with E-state index in [0.29, 0.717) is 30.2 Å². The molecule has 1 aromatic carbocycles. The highest BCUT2D eigenvalue weighted by Gasteiger charge is 2.38. The van der Waals surface area contributed by atoms with Gasteiger partial charge in [0, 0.05) is 44.8 Å². The Morgan fingerprint density at radius 1 is 1.38 bits per heavy atom. The number of hydrogen-bond acceptors (Lipinski definition) is 5. The topological polar surface area (TPSA) is 76.8 Å². The Morgan fingerprint density at radius 2 is 2.25 bits per heavy atom. The minimum absolute atomic E-state index is 0.00655. The summed E-state index contributed by atoms with van der Waals surface area (Å²) < 4.78 is 12.5. The second-order valence-corrected chi connectivity index (χ2v) is 6.25. The van der Waals surface area contributed by atoms with Crippen molar-refractivity contribution < 1.29 is 19.4 Å². The Morgan fingerprint density at radius 3 is 3.00 bits per heavy atom. The molecule has 3 heterocycles. The molecule has 1 N–H and O–H groups in total. The van der Waals surface area contributed by atoms with E-state index in [4.69, 9.17) is 9.47 Å². The molecule has 0 spiro atoms. The zero-order chi connectivity index (χ0) is 16.7.